The lowest BCUT2D eigenvalue weighted by molar-refractivity contribution is 0.403. The molecule has 1 N–H and O–H groups in total. The zero-order valence-electron chi connectivity index (χ0n) is 12.1. The Balaban J connectivity index is 1.92. The van der Waals surface area contributed by atoms with E-state index in [0.29, 0.717) is 6.04 Å². The number of hydrogen-bond acceptors (Lipinski definition) is 2. The number of aromatic nitrogens is 2. The third kappa shape index (κ3) is 4.13. The second-order valence-electron chi connectivity index (χ2n) is 6.58. The average Bonchev–Trinajstić information content (AvgIpc) is 2.60. The summed E-state index contributed by atoms with van der Waals surface area (Å²) in [5.74, 6) is 0. The van der Waals surface area contributed by atoms with Gasteiger partial charge in [-0.05, 0) is 33.6 Å². The third-order valence-electron chi connectivity index (χ3n) is 3.68. The predicted molar refractivity (Wildman–Crippen MR) is 75.6 cm³/mol. The van der Waals surface area contributed by atoms with Crippen LogP contribution in [0.3, 0.4) is 0 Å². The molecule has 0 radical (unpaired) electrons. The summed E-state index contributed by atoms with van der Waals surface area (Å²) in [5, 5.41) is 8.07. The van der Waals surface area contributed by atoms with Crippen LogP contribution in [0.4, 0.5) is 0 Å². The Morgan fingerprint density at radius 3 is 2.50 bits per heavy atom. The molecule has 1 heterocycles. The Hall–Kier alpha value is -0.830. The minimum Gasteiger partial charge on any atom is -0.308 e. The van der Waals surface area contributed by atoms with E-state index in [2.05, 4.69) is 42.1 Å². The van der Waals surface area contributed by atoms with Gasteiger partial charge in [0.15, 0.2) is 0 Å². The second kappa shape index (κ2) is 5.87. The van der Waals surface area contributed by atoms with Gasteiger partial charge in [-0.25, -0.2) is 0 Å². The molecule has 1 aliphatic carbocycles. The minimum absolute atomic E-state index is 0.171. The third-order valence-corrected chi connectivity index (χ3v) is 3.68. The van der Waals surface area contributed by atoms with Crippen molar-refractivity contribution < 1.29 is 0 Å². The Morgan fingerprint density at radius 1 is 1.22 bits per heavy atom. The number of nitrogens with one attached hydrogen (secondary N) is 1. The van der Waals surface area contributed by atoms with Crippen molar-refractivity contribution in [1.82, 2.24) is 15.1 Å². The first kappa shape index (κ1) is 13.6. The summed E-state index contributed by atoms with van der Waals surface area (Å²) in [4.78, 5) is 0. The van der Waals surface area contributed by atoms with Gasteiger partial charge in [-0.1, -0.05) is 25.7 Å². The lowest BCUT2D eigenvalue weighted by Crippen LogP contribution is -2.34. The first-order valence-corrected chi connectivity index (χ1v) is 7.33. The summed E-state index contributed by atoms with van der Waals surface area (Å²) in [6, 6.07) is 0.635. The minimum atomic E-state index is 0.171. The van der Waals surface area contributed by atoms with Crippen LogP contribution in [0.25, 0.3) is 0 Å². The van der Waals surface area contributed by atoms with Crippen molar-refractivity contribution in [3.05, 3.63) is 18.0 Å². The van der Waals surface area contributed by atoms with Gasteiger partial charge in [-0.15, -0.1) is 0 Å². The van der Waals surface area contributed by atoms with Gasteiger partial charge in [0.2, 0.25) is 0 Å². The molecule has 0 bridgehead atoms. The molecule has 0 amide bonds. The number of rotatable bonds is 3. The van der Waals surface area contributed by atoms with Gasteiger partial charge in [0.25, 0.3) is 0 Å². The summed E-state index contributed by atoms with van der Waals surface area (Å²) < 4.78 is 2.20. The molecule has 1 aromatic rings. The highest BCUT2D eigenvalue weighted by atomic mass is 15.3. The van der Waals surface area contributed by atoms with Crippen LogP contribution in [-0.4, -0.2) is 15.3 Å². The number of hydrogen-bond donors (Lipinski definition) is 1. The topological polar surface area (TPSA) is 29.9 Å². The van der Waals surface area contributed by atoms with Crippen LogP contribution in [0.2, 0.25) is 0 Å². The van der Waals surface area contributed by atoms with Crippen molar-refractivity contribution >= 4 is 0 Å². The fraction of sp³-hybridized carbons (Fsp3) is 0.800. The van der Waals surface area contributed by atoms with Crippen LogP contribution in [0.5, 0.6) is 0 Å². The molecule has 0 spiro atoms. The van der Waals surface area contributed by atoms with E-state index in [4.69, 9.17) is 0 Å². The molecule has 1 aliphatic rings. The summed E-state index contributed by atoms with van der Waals surface area (Å²) in [5.41, 5.74) is 1.47. The van der Waals surface area contributed by atoms with Crippen LogP contribution in [0.1, 0.15) is 70.9 Å². The van der Waals surface area contributed by atoms with Gasteiger partial charge in [0, 0.05) is 23.8 Å². The van der Waals surface area contributed by atoms with Crippen molar-refractivity contribution in [2.45, 2.75) is 77.4 Å². The van der Waals surface area contributed by atoms with E-state index in [1.54, 1.807) is 0 Å². The van der Waals surface area contributed by atoms with Gasteiger partial charge in [-0.2, -0.15) is 5.10 Å². The van der Waals surface area contributed by atoms with Crippen molar-refractivity contribution in [2.75, 3.05) is 0 Å². The zero-order chi connectivity index (χ0) is 13.0. The molecular formula is C15H27N3. The predicted octanol–water partition coefficient (Wildman–Crippen LogP) is 3.67. The molecular weight excluding hydrogens is 222 g/mol. The Morgan fingerprint density at radius 2 is 1.89 bits per heavy atom. The van der Waals surface area contributed by atoms with Gasteiger partial charge in [0.05, 0.1) is 12.2 Å². The average molecular weight is 249 g/mol. The quantitative estimate of drug-likeness (QED) is 0.828. The van der Waals surface area contributed by atoms with Crippen LogP contribution < -0.4 is 5.32 Å². The smallest absolute Gasteiger partial charge is 0.0534 e. The summed E-state index contributed by atoms with van der Waals surface area (Å²) in [6.07, 6.45) is 12.4. The van der Waals surface area contributed by atoms with Crippen LogP contribution in [-0.2, 0) is 6.54 Å². The molecule has 0 saturated heterocycles. The summed E-state index contributed by atoms with van der Waals surface area (Å²) in [7, 11) is 0. The van der Waals surface area contributed by atoms with E-state index >= 15 is 0 Å². The second-order valence-corrected chi connectivity index (χ2v) is 6.58. The molecule has 0 atom stereocenters. The van der Waals surface area contributed by atoms with E-state index in [1.807, 2.05) is 6.20 Å². The molecule has 1 saturated carbocycles. The summed E-state index contributed by atoms with van der Waals surface area (Å²) in [6.45, 7) is 7.50. The number of nitrogens with zero attached hydrogens (tertiary/aromatic N) is 2. The Bertz CT molecular complexity index is 354. The van der Waals surface area contributed by atoms with Crippen molar-refractivity contribution in [2.24, 2.45) is 0 Å². The molecule has 18 heavy (non-hydrogen) atoms. The van der Waals surface area contributed by atoms with E-state index in [9.17, 15) is 0 Å². The Labute approximate surface area is 111 Å². The molecule has 0 aliphatic heterocycles. The lowest BCUT2D eigenvalue weighted by Gasteiger charge is -2.19. The molecule has 0 unspecified atom stereocenters. The first-order chi connectivity index (χ1) is 8.54. The maximum Gasteiger partial charge on any atom is 0.0534 e. The maximum absolute atomic E-state index is 4.56. The van der Waals surface area contributed by atoms with Crippen molar-refractivity contribution in [3.63, 3.8) is 0 Å². The standard InChI is InChI=1S/C15H27N3/c1-15(2,3)16-10-13-11-17-18(12-13)14-8-6-4-5-7-9-14/h11-12,14,16H,4-10H2,1-3H3. The molecule has 0 aromatic carbocycles. The molecule has 1 aromatic heterocycles. The first-order valence-electron chi connectivity index (χ1n) is 7.33. The zero-order valence-corrected chi connectivity index (χ0v) is 12.1. The molecule has 102 valence electrons. The van der Waals surface area contributed by atoms with Gasteiger partial charge in [-0.3, -0.25) is 4.68 Å². The lowest BCUT2D eigenvalue weighted by atomic mass is 10.1. The molecule has 3 heteroatoms. The van der Waals surface area contributed by atoms with Crippen LogP contribution in [0, 0.1) is 0 Å². The fourth-order valence-corrected chi connectivity index (χ4v) is 2.56. The van der Waals surface area contributed by atoms with Gasteiger partial charge in [0.1, 0.15) is 0 Å². The van der Waals surface area contributed by atoms with E-state index in [-0.39, 0.29) is 5.54 Å². The normalized spacial score (nSPS) is 18.8. The molecule has 2 rings (SSSR count). The van der Waals surface area contributed by atoms with Crippen molar-refractivity contribution in [3.8, 4) is 0 Å². The fourth-order valence-electron chi connectivity index (χ4n) is 2.56. The highest BCUT2D eigenvalue weighted by molar-refractivity contribution is 5.04. The van der Waals surface area contributed by atoms with E-state index in [0.717, 1.165) is 6.54 Å². The SMILES string of the molecule is CC(C)(C)NCc1cnn(C2CCCCCC2)c1. The maximum atomic E-state index is 4.56. The highest BCUT2D eigenvalue weighted by Crippen LogP contribution is 2.26. The molecule has 3 nitrogen and oxygen atoms in total. The summed E-state index contributed by atoms with van der Waals surface area (Å²) >= 11 is 0. The van der Waals surface area contributed by atoms with E-state index in [1.165, 1.54) is 44.1 Å². The van der Waals surface area contributed by atoms with Gasteiger partial charge < -0.3 is 5.32 Å². The monoisotopic (exact) mass is 249 g/mol. The van der Waals surface area contributed by atoms with Gasteiger partial charge >= 0.3 is 0 Å². The largest absolute Gasteiger partial charge is 0.308 e. The van der Waals surface area contributed by atoms with Crippen LogP contribution in [0.15, 0.2) is 12.4 Å². The highest BCUT2D eigenvalue weighted by Gasteiger charge is 2.15. The molecule has 1 fully saturated rings. The van der Waals surface area contributed by atoms with Crippen LogP contribution >= 0.6 is 0 Å². The Kier molecular flexibility index (Phi) is 4.44. The van der Waals surface area contributed by atoms with Crippen molar-refractivity contribution in [1.29, 1.82) is 0 Å². The van der Waals surface area contributed by atoms with E-state index < -0.39 is 0 Å².